The van der Waals surface area contributed by atoms with Gasteiger partial charge in [0, 0.05) is 11.8 Å². The average Bonchev–Trinajstić information content (AvgIpc) is 2.85. The van der Waals surface area contributed by atoms with Crippen LogP contribution in [-0.2, 0) is 11.2 Å². The van der Waals surface area contributed by atoms with Crippen molar-refractivity contribution in [3.8, 4) is 0 Å². The second kappa shape index (κ2) is 5.96. The number of aromatic nitrogens is 1. The summed E-state index contributed by atoms with van der Waals surface area (Å²) >= 11 is 1.17. The van der Waals surface area contributed by atoms with Crippen LogP contribution in [0.25, 0.3) is 0 Å². The van der Waals surface area contributed by atoms with E-state index < -0.39 is 17.6 Å². The van der Waals surface area contributed by atoms with E-state index in [0.29, 0.717) is 16.4 Å². The van der Waals surface area contributed by atoms with Crippen molar-refractivity contribution in [2.24, 2.45) is 0 Å². The molecule has 0 spiro atoms. The van der Waals surface area contributed by atoms with Gasteiger partial charge in [-0.3, -0.25) is 4.79 Å². The number of benzene rings is 1. The number of nitrogens with one attached hydrogen (secondary N) is 1. The molecule has 0 unspecified atom stereocenters. The van der Waals surface area contributed by atoms with Crippen LogP contribution in [0, 0.1) is 18.6 Å². The summed E-state index contributed by atoms with van der Waals surface area (Å²) in [7, 11) is 0. The first-order valence-corrected chi connectivity index (χ1v) is 6.73. The van der Waals surface area contributed by atoms with Crippen molar-refractivity contribution in [3.63, 3.8) is 0 Å². The molecule has 0 aliphatic rings. The summed E-state index contributed by atoms with van der Waals surface area (Å²) in [5.41, 5.74) is 0.661. The number of carboxylic acids is 1. The first-order valence-electron chi connectivity index (χ1n) is 5.85. The molecule has 0 fully saturated rings. The van der Waals surface area contributed by atoms with Crippen LogP contribution in [0.2, 0.25) is 0 Å². The molecule has 0 radical (unpaired) electrons. The first-order chi connectivity index (χ1) is 9.47. The summed E-state index contributed by atoms with van der Waals surface area (Å²) < 4.78 is 27.4. The molecule has 2 aromatic rings. The first kappa shape index (κ1) is 14.4. The lowest BCUT2D eigenvalue weighted by atomic mass is 10.2. The van der Waals surface area contributed by atoms with Gasteiger partial charge in [-0.2, -0.15) is 0 Å². The summed E-state index contributed by atoms with van der Waals surface area (Å²) in [5, 5.41) is 13.2. The minimum atomic E-state index is -0.914. The molecule has 0 aliphatic carbocycles. The van der Waals surface area contributed by atoms with Gasteiger partial charge < -0.3 is 10.4 Å². The van der Waals surface area contributed by atoms with Gasteiger partial charge in [0.05, 0.1) is 12.1 Å². The van der Waals surface area contributed by atoms with Gasteiger partial charge >= 0.3 is 5.97 Å². The lowest BCUT2D eigenvalue weighted by molar-refractivity contribution is -0.136. The number of anilines is 2. The predicted octanol–water partition coefficient (Wildman–Crippen LogP) is 3.49. The molecule has 4 nitrogen and oxygen atoms in total. The molecule has 0 bridgehead atoms. The number of carbonyl (C=O) groups is 1. The van der Waals surface area contributed by atoms with E-state index in [9.17, 15) is 13.6 Å². The van der Waals surface area contributed by atoms with Gasteiger partial charge in [0.2, 0.25) is 0 Å². The Morgan fingerprint density at radius 1 is 1.45 bits per heavy atom. The Kier molecular flexibility index (Phi) is 4.29. The molecule has 106 valence electrons. The highest BCUT2D eigenvalue weighted by Crippen LogP contribution is 2.27. The number of rotatable bonds is 5. The summed E-state index contributed by atoms with van der Waals surface area (Å²) in [5.74, 6) is -2.27. The van der Waals surface area contributed by atoms with E-state index in [-0.39, 0.29) is 18.5 Å². The Morgan fingerprint density at radius 3 is 2.90 bits per heavy atom. The van der Waals surface area contributed by atoms with E-state index in [1.807, 2.05) is 0 Å². The zero-order chi connectivity index (χ0) is 14.7. The minimum Gasteiger partial charge on any atom is -0.481 e. The molecule has 20 heavy (non-hydrogen) atoms. The number of hydrogen-bond acceptors (Lipinski definition) is 4. The molecule has 1 aromatic heterocycles. The Hall–Kier alpha value is -2.02. The maximum atomic E-state index is 13.8. The fourth-order valence-corrected chi connectivity index (χ4v) is 2.34. The van der Waals surface area contributed by atoms with E-state index in [1.165, 1.54) is 23.5 Å². The van der Waals surface area contributed by atoms with Gasteiger partial charge in [-0.1, -0.05) is 6.07 Å². The van der Waals surface area contributed by atoms with Crippen LogP contribution < -0.4 is 5.32 Å². The summed E-state index contributed by atoms with van der Waals surface area (Å²) in [6.07, 6.45) is 0.253. The maximum Gasteiger partial charge on any atom is 0.303 e. The lowest BCUT2D eigenvalue weighted by Gasteiger charge is -2.07. The van der Waals surface area contributed by atoms with Gasteiger partial charge in [0.1, 0.15) is 11.5 Å². The van der Waals surface area contributed by atoms with Gasteiger partial charge in [0.15, 0.2) is 10.9 Å². The quantitative estimate of drug-likeness (QED) is 0.887. The standard InChI is InChI=1S/C13H12F2N2O2S/c1-7-2-4-9(14)12(11(7)15)17-13-16-8(6-20-13)3-5-10(18)19/h2,4,6H,3,5H2,1H3,(H,16,17)(H,18,19). The third-order valence-electron chi connectivity index (χ3n) is 2.66. The van der Waals surface area contributed by atoms with Crippen LogP contribution in [0.4, 0.5) is 19.6 Å². The molecular weight excluding hydrogens is 286 g/mol. The normalized spacial score (nSPS) is 10.6. The number of carboxylic acid groups (broad SMARTS) is 1. The zero-order valence-electron chi connectivity index (χ0n) is 10.6. The lowest BCUT2D eigenvalue weighted by Crippen LogP contribution is -2.00. The SMILES string of the molecule is Cc1ccc(F)c(Nc2nc(CCC(=O)O)cs2)c1F. The van der Waals surface area contributed by atoms with E-state index in [0.717, 1.165) is 0 Å². The molecule has 0 saturated carbocycles. The molecule has 0 saturated heterocycles. The van der Waals surface area contributed by atoms with Crippen molar-refractivity contribution in [2.45, 2.75) is 19.8 Å². The van der Waals surface area contributed by atoms with Crippen LogP contribution in [0.5, 0.6) is 0 Å². The Bertz CT molecular complexity index is 643. The number of halogens is 2. The van der Waals surface area contributed by atoms with Crippen molar-refractivity contribution in [1.29, 1.82) is 0 Å². The fraction of sp³-hybridized carbons (Fsp3) is 0.231. The summed E-state index contributed by atoms with van der Waals surface area (Å²) in [4.78, 5) is 14.6. The highest BCUT2D eigenvalue weighted by Gasteiger charge is 2.13. The van der Waals surface area contributed by atoms with E-state index in [1.54, 1.807) is 12.3 Å². The second-order valence-corrected chi connectivity index (χ2v) is 5.07. The maximum absolute atomic E-state index is 13.8. The highest BCUT2D eigenvalue weighted by molar-refractivity contribution is 7.13. The molecular formula is C13H12F2N2O2S. The minimum absolute atomic E-state index is 0.0314. The fourth-order valence-electron chi connectivity index (χ4n) is 1.59. The summed E-state index contributed by atoms with van der Waals surface area (Å²) in [6, 6.07) is 2.54. The van der Waals surface area contributed by atoms with Crippen molar-refractivity contribution >= 4 is 28.1 Å². The number of nitrogens with zero attached hydrogens (tertiary/aromatic N) is 1. The molecule has 2 N–H and O–H groups in total. The number of thiazole rings is 1. The van der Waals surface area contributed by atoms with Crippen molar-refractivity contribution in [2.75, 3.05) is 5.32 Å². The van der Waals surface area contributed by atoms with Gasteiger partial charge in [-0.15, -0.1) is 11.3 Å². The van der Waals surface area contributed by atoms with E-state index >= 15 is 0 Å². The molecule has 2 rings (SSSR count). The van der Waals surface area contributed by atoms with Crippen LogP contribution >= 0.6 is 11.3 Å². The third kappa shape index (κ3) is 3.30. The largest absolute Gasteiger partial charge is 0.481 e. The average molecular weight is 298 g/mol. The third-order valence-corrected chi connectivity index (χ3v) is 3.47. The molecule has 0 aliphatic heterocycles. The number of aliphatic carboxylic acids is 1. The van der Waals surface area contributed by atoms with Crippen LogP contribution in [0.3, 0.4) is 0 Å². The summed E-state index contributed by atoms with van der Waals surface area (Å²) in [6.45, 7) is 1.54. The Balaban J connectivity index is 2.15. The van der Waals surface area contributed by atoms with Crippen molar-refractivity contribution < 1.29 is 18.7 Å². The zero-order valence-corrected chi connectivity index (χ0v) is 11.4. The predicted molar refractivity (Wildman–Crippen MR) is 72.4 cm³/mol. The Morgan fingerprint density at radius 2 is 2.20 bits per heavy atom. The number of aryl methyl sites for hydroxylation is 2. The molecule has 1 heterocycles. The molecule has 0 amide bonds. The number of hydrogen-bond donors (Lipinski definition) is 2. The van der Waals surface area contributed by atoms with E-state index in [2.05, 4.69) is 10.3 Å². The van der Waals surface area contributed by atoms with Gasteiger partial charge in [0.25, 0.3) is 0 Å². The van der Waals surface area contributed by atoms with Crippen LogP contribution in [0.1, 0.15) is 17.7 Å². The highest BCUT2D eigenvalue weighted by atomic mass is 32.1. The van der Waals surface area contributed by atoms with E-state index in [4.69, 9.17) is 5.11 Å². The monoisotopic (exact) mass is 298 g/mol. The topological polar surface area (TPSA) is 62.2 Å². The van der Waals surface area contributed by atoms with Crippen molar-refractivity contribution in [1.82, 2.24) is 4.98 Å². The molecule has 1 aromatic carbocycles. The van der Waals surface area contributed by atoms with Gasteiger partial charge in [-0.25, -0.2) is 13.8 Å². The second-order valence-electron chi connectivity index (χ2n) is 4.22. The van der Waals surface area contributed by atoms with Gasteiger partial charge in [-0.05, 0) is 18.6 Å². The Labute approximate surface area is 118 Å². The van der Waals surface area contributed by atoms with Crippen molar-refractivity contribution in [3.05, 3.63) is 40.4 Å². The smallest absolute Gasteiger partial charge is 0.303 e. The molecule has 7 heteroatoms. The molecule has 0 atom stereocenters. The van der Waals surface area contributed by atoms with Crippen LogP contribution in [-0.4, -0.2) is 16.1 Å². The van der Waals surface area contributed by atoms with Crippen LogP contribution in [0.15, 0.2) is 17.5 Å².